The van der Waals surface area contributed by atoms with Crippen molar-refractivity contribution in [3.8, 4) is 0 Å². The Bertz CT molecular complexity index is 539. The van der Waals surface area contributed by atoms with Crippen molar-refractivity contribution in [1.82, 2.24) is 15.6 Å². The first kappa shape index (κ1) is 23.0. The molecular weight excluding hydrogens is 441 g/mol. The second-order valence-electron chi connectivity index (χ2n) is 7.64. The molecule has 2 heterocycles. The molecule has 0 bridgehead atoms. The Morgan fingerprint density at radius 3 is 2.54 bits per heavy atom. The zero-order valence-corrected chi connectivity index (χ0v) is 19.0. The molecule has 1 aliphatic rings. The fraction of sp³-hybridized carbons (Fsp3) is 0.684. The lowest BCUT2D eigenvalue weighted by Crippen LogP contribution is -2.51. The summed E-state index contributed by atoms with van der Waals surface area (Å²) in [6.45, 7) is 9.32. The van der Waals surface area contributed by atoms with Gasteiger partial charge in [-0.3, -0.25) is 4.99 Å². The van der Waals surface area contributed by atoms with E-state index in [2.05, 4.69) is 52.3 Å². The van der Waals surface area contributed by atoms with E-state index in [1.165, 1.54) is 0 Å². The summed E-state index contributed by atoms with van der Waals surface area (Å²) in [5.41, 5.74) is 0.0919. The maximum Gasteiger partial charge on any atom is 0.191 e. The number of piperidine rings is 1. The summed E-state index contributed by atoms with van der Waals surface area (Å²) in [7, 11) is 3.58. The van der Waals surface area contributed by atoms with Crippen LogP contribution in [0.3, 0.4) is 0 Å². The third-order valence-corrected chi connectivity index (χ3v) is 4.74. The number of hydrogen-bond donors (Lipinski definition) is 2. The minimum absolute atomic E-state index is 0. The molecule has 6 nitrogen and oxygen atoms in total. The van der Waals surface area contributed by atoms with E-state index in [0.717, 1.165) is 44.3 Å². The van der Waals surface area contributed by atoms with E-state index in [0.29, 0.717) is 6.04 Å². The van der Waals surface area contributed by atoms with Crippen LogP contribution in [0, 0.1) is 5.41 Å². The number of nitrogens with zero attached hydrogens (tertiary/aromatic N) is 3. The van der Waals surface area contributed by atoms with E-state index < -0.39 is 0 Å². The van der Waals surface area contributed by atoms with E-state index in [9.17, 15) is 0 Å². The smallest absolute Gasteiger partial charge is 0.191 e. The maximum absolute atomic E-state index is 5.60. The number of pyridine rings is 1. The Labute approximate surface area is 175 Å². The summed E-state index contributed by atoms with van der Waals surface area (Å²) in [6.07, 6.45) is 4.14. The molecule has 1 aromatic heterocycles. The monoisotopic (exact) mass is 475 g/mol. The fourth-order valence-electron chi connectivity index (χ4n) is 3.11. The molecule has 1 aromatic rings. The van der Waals surface area contributed by atoms with Crippen LogP contribution in [0.5, 0.6) is 0 Å². The first-order valence-corrected chi connectivity index (χ1v) is 9.10. The van der Waals surface area contributed by atoms with Crippen LogP contribution in [-0.2, 0) is 4.74 Å². The number of methoxy groups -OCH3 is 1. The number of ether oxygens (including phenoxy) is 1. The van der Waals surface area contributed by atoms with Crippen molar-refractivity contribution in [3.05, 3.63) is 24.4 Å². The highest BCUT2D eigenvalue weighted by Crippen LogP contribution is 2.21. The van der Waals surface area contributed by atoms with Crippen molar-refractivity contribution >= 4 is 35.8 Å². The van der Waals surface area contributed by atoms with Crippen molar-refractivity contribution in [2.45, 2.75) is 45.8 Å². The molecule has 26 heavy (non-hydrogen) atoms. The molecule has 1 fully saturated rings. The van der Waals surface area contributed by atoms with Gasteiger partial charge in [0.2, 0.25) is 0 Å². The number of aliphatic imine (C=N–C) groups is 1. The summed E-state index contributed by atoms with van der Waals surface area (Å²) >= 11 is 0. The van der Waals surface area contributed by atoms with Crippen molar-refractivity contribution in [3.63, 3.8) is 0 Å². The topological polar surface area (TPSA) is 61.8 Å². The van der Waals surface area contributed by atoms with Crippen molar-refractivity contribution in [2.75, 3.05) is 38.7 Å². The Hall–Kier alpha value is -1.09. The lowest BCUT2D eigenvalue weighted by molar-refractivity contribution is 0.0205. The van der Waals surface area contributed by atoms with Crippen LogP contribution in [0.1, 0.15) is 33.6 Å². The molecule has 1 unspecified atom stereocenters. The van der Waals surface area contributed by atoms with Gasteiger partial charge in [-0.1, -0.05) is 26.8 Å². The highest BCUT2D eigenvalue weighted by Gasteiger charge is 2.25. The number of rotatable bonds is 5. The standard InChI is InChI=1S/C19H33N5O.HI/c1-19(2,3)16(25-5)14-22-18(20-4)23-15-9-12-24(13-10-15)17-8-6-7-11-21-17;/h6-8,11,15-16H,9-10,12-14H2,1-5H3,(H2,20,22,23);1H. The number of halogens is 1. The highest BCUT2D eigenvalue weighted by atomic mass is 127. The molecule has 0 aromatic carbocycles. The normalized spacial score (nSPS) is 17.4. The number of nitrogens with one attached hydrogen (secondary N) is 2. The van der Waals surface area contributed by atoms with Gasteiger partial charge in [-0.05, 0) is 30.4 Å². The fourth-order valence-corrected chi connectivity index (χ4v) is 3.11. The molecule has 1 atom stereocenters. The molecule has 0 aliphatic carbocycles. The minimum atomic E-state index is 0. The Morgan fingerprint density at radius 1 is 1.35 bits per heavy atom. The number of anilines is 1. The van der Waals surface area contributed by atoms with Gasteiger partial charge in [0.05, 0.1) is 6.10 Å². The summed E-state index contributed by atoms with van der Waals surface area (Å²) in [6, 6.07) is 6.51. The molecule has 0 saturated carbocycles. The predicted octanol–water partition coefficient (Wildman–Crippen LogP) is 2.89. The van der Waals surface area contributed by atoms with Crippen LogP contribution in [-0.4, -0.2) is 56.9 Å². The first-order chi connectivity index (χ1) is 11.9. The molecule has 1 aliphatic heterocycles. The van der Waals surface area contributed by atoms with Gasteiger partial charge < -0.3 is 20.3 Å². The van der Waals surface area contributed by atoms with Crippen molar-refractivity contribution < 1.29 is 4.74 Å². The lowest BCUT2D eigenvalue weighted by Gasteiger charge is -2.34. The van der Waals surface area contributed by atoms with E-state index >= 15 is 0 Å². The van der Waals surface area contributed by atoms with Crippen LogP contribution in [0.4, 0.5) is 5.82 Å². The van der Waals surface area contributed by atoms with Gasteiger partial charge in [-0.25, -0.2) is 4.98 Å². The molecule has 0 radical (unpaired) electrons. The van der Waals surface area contributed by atoms with Gasteiger partial charge in [0.25, 0.3) is 0 Å². The number of hydrogen-bond acceptors (Lipinski definition) is 4. The van der Waals surface area contributed by atoms with Crippen LogP contribution in [0.25, 0.3) is 0 Å². The molecule has 2 N–H and O–H groups in total. The van der Waals surface area contributed by atoms with E-state index in [1.807, 2.05) is 25.4 Å². The van der Waals surface area contributed by atoms with Crippen LogP contribution < -0.4 is 15.5 Å². The molecule has 1 saturated heterocycles. The van der Waals surface area contributed by atoms with Crippen LogP contribution in [0.2, 0.25) is 0 Å². The average molecular weight is 475 g/mol. The second kappa shape index (κ2) is 10.9. The lowest BCUT2D eigenvalue weighted by atomic mass is 9.89. The molecule has 0 amide bonds. The predicted molar refractivity (Wildman–Crippen MR) is 120 cm³/mol. The maximum atomic E-state index is 5.60. The summed E-state index contributed by atoms with van der Waals surface area (Å²) < 4.78 is 5.60. The third kappa shape index (κ3) is 6.90. The van der Waals surface area contributed by atoms with Gasteiger partial charge in [0.1, 0.15) is 5.82 Å². The quantitative estimate of drug-likeness (QED) is 0.390. The number of aromatic nitrogens is 1. The van der Waals surface area contributed by atoms with Gasteiger partial charge >= 0.3 is 0 Å². The molecule has 0 spiro atoms. The summed E-state index contributed by atoms with van der Waals surface area (Å²) in [4.78, 5) is 11.1. The number of guanidine groups is 1. The van der Waals surface area contributed by atoms with Gasteiger partial charge in [0, 0.05) is 46.0 Å². The van der Waals surface area contributed by atoms with Crippen molar-refractivity contribution in [2.24, 2.45) is 10.4 Å². The van der Waals surface area contributed by atoms with Gasteiger partial charge in [0.15, 0.2) is 5.96 Å². The van der Waals surface area contributed by atoms with Crippen LogP contribution in [0.15, 0.2) is 29.4 Å². The van der Waals surface area contributed by atoms with Gasteiger partial charge in [-0.2, -0.15) is 0 Å². The summed E-state index contributed by atoms with van der Waals surface area (Å²) in [5, 5.41) is 6.95. The Kier molecular flexibility index (Phi) is 9.63. The SMILES string of the molecule is CN=C(NCC(OC)C(C)(C)C)NC1CCN(c2ccccn2)CC1.I. The minimum Gasteiger partial charge on any atom is -0.379 e. The van der Waals surface area contributed by atoms with E-state index in [-0.39, 0.29) is 35.5 Å². The molecule has 148 valence electrons. The molecular formula is C19H34IN5O. The average Bonchev–Trinajstić information content (AvgIpc) is 2.61. The first-order valence-electron chi connectivity index (χ1n) is 9.10. The second-order valence-corrected chi connectivity index (χ2v) is 7.64. The van der Waals surface area contributed by atoms with Crippen molar-refractivity contribution in [1.29, 1.82) is 0 Å². The zero-order valence-electron chi connectivity index (χ0n) is 16.7. The Morgan fingerprint density at radius 2 is 2.04 bits per heavy atom. The van der Waals surface area contributed by atoms with Gasteiger partial charge in [-0.15, -0.1) is 24.0 Å². The molecule has 7 heteroatoms. The third-order valence-electron chi connectivity index (χ3n) is 4.74. The van der Waals surface area contributed by atoms with Crippen LogP contribution >= 0.6 is 24.0 Å². The largest absolute Gasteiger partial charge is 0.379 e. The molecule has 2 rings (SSSR count). The van der Waals surface area contributed by atoms with E-state index in [4.69, 9.17) is 4.74 Å². The Balaban J connectivity index is 0.00000338. The summed E-state index contributed by atoms with van der Waals surface area (Å²) in [5.74, 6) is 1.92. The zero-order chi connectivity index (χ0) is 18.3. The highest BCUT2D eigenvalue weighted by molar-refractivity contribution is 14.0. The van der Waals surface area contributed by atoms with E-state index in [1.54, 1.807) is 7.11 Å².